The number of nitrogens with one attached hydrogen (secondary N) is 1. The Balaban J connectivity index is 1.58. The van der Waals surface area contributed by atoms with Gasteiger partial charge in [-0.3, -0.25) is 9.59 Å². The molecule has 6 heteroatoms. The quantitative estimate of drug-likeness (QED) is 0.771. The fourth-order valence-electron chi connectivity index (χ4n) is 4.17. The van der Waals surface area contributed by atoms with E-state index in [4.69, 9.17) is 0 Å². The molecule has 152 valence electrons. The van der Waals surface area contributed by atoms with E-state index in [1.807, 2.05) is 70.9 Å². The summed E-state index contributed by atoms with van der Waals surface area (Å²) in [5.41, 5.74) is 2.53. The summed E-state index contributed by atoms with van der Waals surface area (Å²) >= 11 is 3.93. The van der Waals surface area contributed by atoms with Crippen molar-refractivity contribution in [3.8, 4) is 0 Å². The lowest BCUT2D eigenvalue weighted by Crippen LogP contribution is -2.50. The maximum atomic E-state index is 13.6. The molecule has 0 radical (unpaired) electrons. The van der Waals surface area contributed by atoms with Gasteiger partial charge >= 0.3 is 0 Å². The Morgan fingerprint density at radius 3 is 2.34 bits per heavy atom. The molecule has 2 amide bonds. The minimum Gasteiger partial charge on any atom is -0.343 e. The van der Waals surface area contributed by atoms with E-state index in [2.05, 4.69) is 17.4 Å². The molecular weight excluding hydrogens is 400 g/mol. The second-order valence-electron chi connectivity index (χ2n) is 7.61. The van der Waals surface area contributed by atoms with Crippen LogP contribution in [0.5, 0.6) is 0 Å². The Kier molecular flexibility index (Phi) is 6.20. The van der Waals surface area contributed by atoms with Gasteiger partial charge in [0.15, 0.2) is 0 Å². The highest BCUT2D eigenvalue weighted by atomic mass is 32.2. The molecule has 0 atom stereocenters. The van der Waals surface area contributed by atoms with Crippen LogP contribution in [0.25, 0.3) is 0 Å². The number of carbonyl (C=O) groups excluding carboxylic acids is 2. The van der Waals surface area contributed by atoms with Crippen LogP contribution in [0.2, 0.25) is 0 Å². The Hall–Kier alpha value is -1.92. The van der Waals surface area contributed by atoms with Gasteiger partial charge in [0.25, 0.3) is 0 Å². The largest absolute Gasteiger partial charge is 0.343 e. The van der Waals surface area contributed by atoms with Gasteiger partial charge in [-0.15, -0.1) is 23.5 Å². The molecule has 0 saturated carbocycles. The molecule has 0 aliphatic carbocycles. The Morgan fingerprint density at radius 1 is 1.00 bits per heavy atom. The SMILES string of the molecule is CC(=O)N1CCC(C(=O)Nc2cccc(C3SCCS3)c2)(c2ccccc2)CC1. The lowest BCUT2D eigenvalue weighted by Gasteiger charge is -2.40. The minimum atomic E-state index is -0.611. The number of thioether (sulfide) groups is 2. The molecule has 2 saturated heterocycles. The third kappa shape index (κ3) is 4.33. The zero-order valence-corrected chi connectivity index (χ0v) is 18.2. The van der Waals surface area contributed by atoms with E-state index in [9.17, 15) is 9.59 Å². The minimum absolute atomic E-state index is 0.0239. The summed E-state index contributed by atoms with van der Waals surface area (Å²) in [6, 6.07) is 18.2. The third-order valence-corrected chi connectivity index (χ3v) is 8.97. The van der Waals surface area contributed by atoms with Gasteiger partial charge in [0.2, 0.25) is 11.8 Å². The van der Waals surface area contributed by atoms with Crippen LogP contribution < -0.4 is 5.32 Å². The molecule has 2 aromatic carbocycles. The Labute approximate surface area is 180 Å². The van der Waals surface area contributed by atoms with E-state index in [1.54, 1.807) is 6.92 Å². The van der Waals surface area contributed by atoms with Gasteiger partial charge in [0.05, 0.1) is 10.00 Å². The van der Waals surface area contributed by atoms with E-state index < -0.39 is 5.41 Å². The topological polar surface area (TPSA) is 49.4 Å². The summed E-state index contributed by atoms with van der Waals surface area (Å²) in [6.07, 6.45) is 1.27. The van der Waals surface area contributed by atoms with Gasteiger partial charge < -0.3 is 10.2 Å². The van der Waals surface area contributed by atoms with E-state index in [0.717, 1.165) is 11.3 Å². The summed E-state index contributed by atoms with van der Waals surface area (Å²) in [5.74, 6) is 2.45. The Morgan fingerprint density at radius 2 is 1.69 bits per heavy atom. The van der Waals surface area contributed by atoms with E-state index in [1.165, 1.54) is 17.1 Å². The maximum Gasteiger partial charge on any atom is 0.235 e. The summed E-state index contributed by atoms with van der Waals surface area (Å²) in [6.45, 7) is 2.81. The highest BCUT2D eigenvalue weighted by Crippen LogP contribution is 2.45. The van der Waals surface area contributed by atoms with Crippen LogP contribution in [-0.4, -0.2) is 41.3 Å². The second kappa shape index (κ2) is 8.84. The number of likely N-dealkylation sites (tertiary alicyclic amines) is 1. The number of hydrogen-bond donors (Lipinski definition) is 1. The maximum absolute atomic E-state index is 13.6. The number of hydrogen-bond acceptors (Lipinski definition) is 4. The van der Waals surface area contributed by atoms with Crippen LogP contribution in [0, 0.1) is 0 Å². The predicted octanol–water partition coefficient (Wildman–Crippen LogP) is 4.68. The molecular formula is C23H26N2O2S2. The van der Waals surface area contributed by atoms with Gasteiger partial charge in [-0.05, 0) is 36.1 Å². The van der Waals surface area contributed by atoms with Crippen molar-refractivity contribution >= 4 is 41.0 Å². The number of rotatable bonds is 4. The van der Waals surface area contributed by atoms with Crippen molar-refractivity contribution in [1.29, 1.82) is 0 Å². The first-order valence-corrected chi connectivity index (χ1v) is 12.1. The average molecular weight is 427 g/mol. The van der Waals surface area contributed by atoms with Crippen LogP contribution in [-0.2, 0) is 15.0 Å². The van der Waals surface area contributed by atoms with Crippen LogP contribution in [0.1, 0.15) is 35.5 Å². The van der Waals surface area contributed by atoms with Crippen molar-refractivity contribution in [2.24, 2.45) is 0 Å². The molecule has 0 bridgehead atoms. The van der Waals surface area contributed by atoms with Crippen molar-refractivity contribution in [2.45, 2.75) is 29.8 Å². The summed E-state index contributed by atoms with van der Waals surface area (Å²) < 4.78 is 0.453. The van der Waals surface area contributed by atoms with Crippen LogP contribution in [0.3, 0.4) is 0 Å². The van der Waals surface area contributed by atoms with E-state index in [0.29, 0.717) is 30.5 Å². The fourth-order valence-corrected chi connectivity index (χ4v) is 7.01. The number of piperidine rings is 1. The molecule has 2 aromatic rings. The second-order valence-corrected chi connectivity index (χ2v) is 10.3. The first kappa shape index (κ1) is 20.4. The number of anilines is 1. The summed E-state index contributed by atoms with van der Waals surface area (Å²) in [7, 11) is 0. The monoisotopic (exact) mass is 426 g/mol. The van der Waals surface area contributed by atoms with Crippen LogP contribution >= 0.6 is 23.5 Å². The zero-order chi connectivity index (χ0) is 20.3. The zero-order valence-electron chi connectivity index (χ0n) is 16.6. The first-order chi connectivity index (χ1) is 14.1. The van der Waals surface area contributed by atoms with Gasteiger partial charge in [-0.1, -0.05) is 42.5 Å². The summed E-state index contributed by atoms with van der Waals surface area (Å²) in [5, 5.41) is 3.20. The third-order valence-electron chi connectivity index (χ3n) is 5.86. The average Bonchev–Trinajstić information content (AvgIpc) is 3.29. The molecule has 1 N–H and O–H groups in total. The predicted molar refractivity (Wildman–Crippen MR) is 122 cm³/mol. The van der Waals surface area contributed by atoms with Crippen molar-refractivity contribution in [1.82, 2.24) is 4.90 Å². The van der Waals surface area contributed by atoms with Gasteiger partial charge in [-0.25, -0.2) is 0 Å². The molecule has 0 aromatic heterocycles. The van der Waals surface area contributed by atoms with Crippen molar-refractivity contribution in [3.05, 3.63) is 65.7 Å². The van der Waals surface area contributed by atoms with Gasteiger partial charge in [0, 0.05) is 37.2 Å². The molecule has 2 aliphatic heterocycles. The van der Waals surface area contributed by atoms with Crippen molar-refractivity contribution in [2.75, 3.05) is 29.9 Å². The number of carbonyl (C=O) groups is 2. The molecule has 0 spiro atoms. The molecule has 4 rings (SSSR count). The first-order valence-electron chi connectivity index (χ1n) is 10.0. The molecule has 2 heterocycles. The van der Waals surface area contributed by atoms with Crippen molar-refractivity contribution < 1.29 is 9.59 Å². The molecule has 2 fully saturated rings. The van der Waals surface area contributed by atoms with Gasteiger partial charge in [-0.2, -0.15) is 0 Å². The fraction of sp³-hybridized carbons (Fsp3) is 0.391. The number of amides is 2. The molecule has 0 unspecified atom stereocenters. The van der Waals surface area contributed by atoms with E-state index >= 15 is 0 Å². The Bertz CT molecular complexity index is 873. The summed E-state index contributed by atoms with van der Waals surface area (Å²) in [4.78, 5) is 27.2. The highest BCUT2D eigenvalue weighted by molar-refractivity contribution is 8.19. The lowest BCUT2D eigenvalue weighted by atomic mass is 9.72. The van der Waals surface area contributed by atoms with Gasteiger partial charge in [0.1, 0.15) is 0 Å². The molecule has 29 heavy (non-hydrogen) atoms. The van der Waals surface area contributed by atoms with E-state index in [-0.39, 0.29) is 11.8 Å². The number of benzene rings is 2. The molecule has 4 nitrogen and oxygen atoms in total. The van der Waals surface area contributed by atoms with Crippen LogP contribution in [0.4, 0.5) is 5.69 Å². The highest BCUT2D eigenvalue weighted by Gasteiger charge is 2.43. The van der Waals surface area contributed by atoms with Crippen molar-refractivity contribution in [3.63, 3.8) is 0 Å². The lowest BCUT2D eigenvalue weighted by molar-refractivity contribution is -0.133. The molecule has 2 aliphatic rings. The standard InChI is InChI=1S/C23H26N2O2S2/c1-17(26)25-12-10-23(11-13-25,19-7-3-2-4-8-19)22(27)24-20-9-5-6-18(16-20)21-28-14-15-29-21/h2-9,16,21H,10-15H2,1H3,(H,24,27). The number of nitrogens with zero attached hydrogens (tertiary/aromatic N) is 1. The normalized spacial score (nSPS) is 19.1. The van der Waals surface area contributed by atoms with Crippen LogP contribution in [0.15, 0.2) is 54.6 Å². The smallest absolute Gasteiger partial charge is 0.235 e.